The Hall–Kier alpha value is -3.64. The van der Waals surface area contributed by atoms with E-state index in [1.54, 1.807) is 0 Å². The fourth-order valence-corrected chi connectivity index (χ4v) is 5.65. The van der Waals surface area contributed by atoms with Crippen LogP contribution in [0.15, 0.2) is 79.0 Å². The smallest absolute Gasteiger partial charge is 0.174 e. The molecule has 6 heteroatoms. The first-order chi connectivity index (χ1) is 17.5. The molecule has 0 aliphatic carbocycles. The lowest BCUT2D eigenvalue weighted by atomic mass is 9.96. The molecule has 1 N–H and O–H groups in total. The van der Waals surface area contributed by atoms with Crippen LogP contribution in [-0.2, 0) is 6.42 Å². The van der Waals surface area contributed by atoms with Crippen LogP contribution in [-0.4, -0.2) is 21.3 Å². The number of thiocarbonyl (C=S) groups is 1. The Kier molecular flexibility index (Phi) is 6.79. The molecule has 184 valence electrons. The molecule has 2 aromatic heterocycles. The molecule has 1 saturated heterocycles. The van der Waals surface area contributed by atoms with Crippen LogP contribution in [0.4, 0.5) is 5.69 Å². The molecule has 5 nitrogen and oxygen atoms in total. The lowest BCUT2D eigenvalue weighted by molar-refractivity contribution is 0.340. The number of nitrogens with one attached hydrogen (secondary N) is 1. The molecule has 0 saturated carbocycles. The fraction of sp³-hybridized carbons (Fsp3) is 0.267. The third-order valence-electron chi connectivity index (χ3n) is 6.93. The number of aromatic nitrogens is 2. The summed E-state index contributed by atoms with van der Waals surface area (Å²) in [4.78, 5) is 6.93. The van der Waals surface area contributed by atoms with E-state index in [0.717, 1.165) is 23.6 Å². The van der Waals surface area contributed by atoms with Crippen molar-refractivity contribution < 1.29 is 4.74 Å². The maximum Gasteiger partial charge on any atom is 0.174 e. The minimum absolute atomic E-state index is 0.0564. The largest absolute Gasteiger partial charge is 0.494 e. The number of pyridine rings is 1. The van der Waals surface area contributed by atoms with E-state index in [1.165, 1.54) is 28.2 Å². The zero-order valence-corrected chi connectivity index (χ0v) is 22.0. The standard InChI is InChI=1S/C30H32N4OS/c1-5-22-11-7-8-13-27(22)33-20(3)19-25(21(33)4)29-28(26-12-9-10-18-31-26)32-30(36)34(29)23-14-16-24(17-15-23)35-6-2/h7-19,28-29H,5-6H2,1-4H3,(H,32,36)/t28-,29+/m1/s1. The van der Waals surface area contributed by atoms with Crippen molar-refractivity contribution in [2.75, 3.05) is 11.5 Å². The summed E-state index contributed by atoms with van der Waals surface area (Å²) in [6, 6.07) is 25.0. The van der Waals surface area contributed by atoms with E-state index in [0.29, 0.717) is 11.7 Å². The van der Waals surface area contributed by atoms with Crippen LogP contribution in [0.2, 0.25) is 0 Å². The Labute approximate surface area is 218 Å². The van der Waals surface area contributed by atoms with E-state index in [1.807, 2.05) is 37.4 Å². The van der Waals surface area contributed by atoms with E-state index < -0.39 is 0 Å². The molecule has 0 radical (unpaired) electrons. The summed E-state index contributed by atoms with van der Waals surface area (Å²) in [5, 5.41) is 4.27. The first-order valence-electron chi connectivity index (χ1n) is 12.5. The van der Waals surface area contributed by atoms with Gasteiger partial charge in [-0.15, -0.1) is 0 Å². The minimum atomic E-state index is -0.0827. The Morgan fingerprint density at radius 2 is 1.72 bits per heavy atom. The second-order valence-electron chi connectivity index (χ2n) is 9.07. The van der Waals surface area contributed by atoms with Gasteiger partial charge in [-0.3, -0.25) is 4.98 Å². The third-order valence-corrected chi connectivity index (χ3v) is 7.24. The van der Waals surface area contributed by atoms with Crippen LogP contribution < -0.4 is 15.0 Å². The summed E-state index contributed by atoms with van der Waals surface area (Å²) in [5.41, 5.74) is 8.20. The van der Waals surface area contributed by atoms with Crippen molar-refractivity contribution in [2.45, 2.75) is 46.2 Å². The quantitative estimate of drug-likeness (QED) is 0.291. The number of hydrogen-bond acceptors (Lipinski definition) is 3. The van der Waals surface area contributed by atoms with Gasteiger partial charge in [0.05, 0.1) is 24.4 Å². The van der Waals surface area contributed by atoms with E-state index >= 15 is 0 Å². The Balaban J connectivity index is 1.65. The summed E-state index contributed by atoms with van der Waals surface area (Å²) < 4.78 is 8.06. The van der Waals surface area contributed by atoms with Crippen molar-refractivity contribution in [3.05, 3.63) is 107 Å². The number of nitrogens with zero attached hydrogens (tertiary/aromatic N) is 3. The number of para-hydroxylation sites is 1. The molecule has 0 bridgehead atoms. The molecule has 2 aromatic carbocycles. The molecule has 0 amide bonds. The first kappa shape index (κ1) is 24.1. The molecular formula is C30H32N4OS. The average molecular weight is 497 g/mol. The van der Waals surface area contributed by atoms with Crippen LogP contribution in [0.5, 0.6) is 5.75 Å². The number of anilines is 1. The highest BCUT2D eigenvalue weighted by atomic mass is 32.1. The van der Waals surface area contributed by atoms with Gasteiger partial charge in [0.1, 0.15) is 5.75 Å². The van der Waals surface area contributed by atoms with Crippen LogP contribution in [0.3, 0.4) is 0 Å². The number of ether oxygens (including phenoxy) is 1. The summed E-state index contributed by atoms with van der Waals surface area (Å²) in [5.74, 6) is 0.853. The van der Waals surface area contributed by atoms with Gasteiger partial charge in [0.25, 0.3) is 0 Å². The molecule has 1 aliphatic heterocycles. The van der Waals surface area contributed by atoms with Gasteiger partial charge in [-0.05, 0) is 99.1 Å². The molecule has 0 unspecified atom stereocenters. The topological polar surface area (TPSA) is 42.3 Å². The van der Waals surface area contributed by atoms with Crippen LogP contribution >= 0.6 is 12.2 Å². The maximum absolute atomic E-state index is 5.93. The first-order valence-corrected chi connectivity index (χ1v) is 12.9. The highest BCUT2D eigenvalue weighted by Gasteiger charge is 2.42. The Bertz CT molecular complexity index is 1360. The number of rotatable bonds is 7. The van der Waals surface area contributed by atoms with Crippen LogP contribution in [0.25, 0.3) is 5.69 Å². The van der Waals surface area contributed by atoms with Gasteiger partial charge in [0.2, 0.25) is 0 Å². The molecular weight excluding hydrogens is 464 g/mol. The van der Waals surface area contributed by atoms with Crippen molar-refractivity contribution >= 4 is 23.0 Å². The molecule has 36 heavy (non-hydrogen) atoms. The number of hydrogen-bond donors (Lipinski definition) is 1. The van der Waals surface area contributed by atoms with E-state index in [9.17, 15) is 0 Å². The van der Waals surface area contributed by atoms with Gasteiger partial charge in [-0.25, -0.2) is 0 Å². The molecule has 4 aromatic rings. The molecule has 2 atom stereocenters. The van der Waals surface area contributed by atoms with E-state index in [-0.39, 0.29) is 12.1 Å². The summed E-state index contributed by atoms with van der Waals surface area (Å²) >= 11 is 5.93. The normalized spacial score (nSPS) is 17.3. The third kappa shape index (κ3) is 4.26. The molecule has 0 spiro atoms. The van der Waals surface area contributed by atoms with Crippen molar-refractivity contribution in [1.29, 1.82) is 0 Å². The van der Waals surface area contributed by atoms with Gasteiger partial charge in [0.15, 0.2) is 5.11 Å². The highest BCUT2D eigenvalue weighted by Crippen LogP contribution is 2.44. The molecule has 1 aliphatic rings. The number of aryl methyl sites for hydroxylation is 2. The van der Waals surface area contributed by atoms with Gasteiger partial charge in [-0.1, -0.05) is 31.2 Å². The highest BCUT2D eigenvalue weighted by molar-refractivity contribution is 7.80. The lowest BCUT2D eigenvalue weighted by Gasteiger charge is -2.28. The Morgan fingerprint density at radius 3 is 2.42 bits per heavy atom. The fourth-order valence-electron chi connectivity index (χ4n) is 5.30. The predicted octanol–water partition coefficient (Wildman–Crippen LogP) is 6.63. The van der Waals surface area contributed by atoms with Gasteiger partial charge < -0.3 is 19.5 Å². The van der Waals surface area contributed by atoms with Crippen molar-refractivity contribution in [2.24, 2.45) is 0 Å². The second kappa shape index (κ2) is 10.2. The number of benzene rings is 2. The Morgan fingerprint density at radius 1 is 0.972 bits per heavy atom. The SMILES string of the molecule is CCOc1ccc(N2C(=S)N[C@H](c3ccccn3)[C@@H]2c2cc(C)n(-c3ccccc3CC)c2C)cc1. The zero-order valence-electron chi connectivity index (χ0n) is 21.2. The minimum Gasteiger partial charge on any atom is -0.494 e. The molecule has 3 heterocycles. The van der Waals surface area contributed by atoms with E-state index in [4.69, 9.17) is 21.9 Å². The van der Waals surface area contributed by atoms with Crippen molar-refractivity contribution in [1.82, 2.24) is 14.9 Å². The lowest BCUT2D eigenvalue weighted by Crippen LogP contribution is -2.29. The molecule has 5 rings (SSSR count). The van der Waals surface area contributed by atoms with Crippen LogP contribution in [0, 0.1) is 13.8 Å². The van der Waals surface area contributed by atoms with Gasteiger partial charge in [0, 0.05) is 29.0 Å². The maximum atomic E-state index is 5.93. The van der Waals surface area contributed by atoms with Gasteiger partial charge >= 0.3 is 0 Å². The van der Waals surface area contributed by atoms with Gasteiger partial charge in [-0.2, -0.15) is 0 Å². The van der Waals surface area contributed by atoms with E-state index in [2.05, 4.69) is 84.1 Å². The summed E-state index contributed by atoms with van der Waals surface area (Å²) in [7, 11) is 0. The monoisotopic (exact) mass is 496 g/mol. The molecule has 1 fully saturated rings. The summed E-state index contributed by atoms with van der Waals surface area (Å²) in [6.45, 7) is 9.23. The summed E-state index contributed by atoms with van der Waals surface area (Å²) in [6.07, 6.45) is 2.82. The van der Waals surface area contributed by atoms with Crippen molar-refractivity contribution in [3.8, 4) is 11.4 Å². The van der Waals surface area contributed by atoms with Crippen molar-refractivity contribution in [3.63, 3.8) is 0 Å². The second-order valence-corrected chi connectivity index (χ2v) is 9.45. The average Bonchev–Trinajstić information content (AvgIpc) is 3.40. The predicted molar refractivity (Wildman–Crippen MR) is 150 cm³/mol. The zero-order chi connectivity index (χ0) is 25.2. The van der Waals surface area contributed by atoms with Crippen LogP contribution in [0.1, 0.15) is 54.1 Å².